The van der Waals surface area contributed by atoms with Crippen molar-refractivity contribution in [2.24, 2.45) is 5.92 Å². The first kappa shape index (κ1) is 20.7. The lowest BCUT2D eigenvalue weighted by Crippen LogP contribution is -2.41. The minimum absolute atomic E-state index is 0.252. The van der Waals surface area contributed by atoms with E-state index in [1.54, 1.807) is 0 Å². The SMILES string of the molecule is CC(C)(C)OC(=O)NC1CCC(CCN2CCc3cc(C#N)ccc3C2)CC1. The molecule has 0 saturated heterocycles. The van der Waals surface area contributed by atoms with Crippen LogP contribution in [0.2, 0.25) is 0 Å². The molecule has 152 valence electrons. The van der Waals surface area contributed by atoms with Gasteiger partial charge in [0.1, 0.15) is 5.60 Å². The van der Waals surface area contributed by atoms with E-state index in [9.17, 15) is 4.79 Å². The number of carbonyl (C=O) groups excluding carboxylic acids is 1. The predicted molar refractivity (Wildman–Crippen MR) is 110 cm³/mol. The molecule has 1 aromatic carbocycles. The van der Waals surface area contributed by atoms with E-state index in [4.69, 9.17) is 10.00 Å². The number of nitrogens with one attached hydrogen (secondary N) is 1. The molecule has 1 fully saturated rings. The van der Waals surface area contributed by atoms with Gasteiger partial charge < -0.3 is 10.1 Å². The number of hydrogen-bond acceptors (Lipinski definition) is 4. The van der Waals surface area contributed by atoms with E-state index in [2.05, 4.69) is 22.4 Å². The minimum Gasteiger partial charge on any atom is -0.444 e. The van der Waals surface area contributed by atoms with Crippen LogP contribution in [-0.4, -0.2) is 35.7 Å². The quantitative estimate of drug-likeness (QED) is 0.837. The van der Waals surface area contributed by atoms with Crippen molar-refractivity contribution in [3.05, 3.63) is 34.9 Å². The van der Waals surface area contributed by atoms with Crippen LogP contribution in [0.5, 0.6) is 0 Å². The molecule has 1 amide bonds. The first-order chi connectivity index (χ1) is 13.3. The molecule has 0 atom stereocenters. The van der Waals surface area contributed by atoms with Crippen LogP contribution in [0.3, 0.4) is 0 Å². The van der Waals surface area contributed by atoms with Gasteiger partial charge in [-0.25, -0.2) is 4.79 Å². The third kappa shape index (κ3) is 5.97. The van der Waals surface area contributed by atoms with Gasteiger partial charge in [0, 0.05) is 19.1 Å². The van der Waals surface area contributed by atoms with Crippen molar-refractivity contribution in [2.75, 3.05) is 13.1 Å². The Bertz CT molecular complexity index is 724. The predicted octanol–water partition coefficient (Wildman–Crippen LogP) is 4.39. The number of nitrogens with zero attached hydrogens (tertiary/aromatic N) is 2. The highest BCUT2D eigenvalue weighted by molar-refractivity contribution is 5.68. The van der Waals surface area contributed by atoms with E-state index >= 15 is 0 Å². The van der Waals surface area contributed by atoms with Gasteiger partial charge in [-0.3, -0.25) is 4.90 Å². The van der Waals surface area contributed by atoms with Gasteiger partial charge in [-0.2, -0.15) is 5.26 Å². The molecule has 0 aromatic heterocycles. The summed E-state index contributed by atoms with van der Waals surface area (Å²) < 4.78 is 5.36. The van der Waals surface area contributed by atoms with Crippen LogP contribution >= 0.6 is 0 Å². The number of rotatable bonds is 4. The largest absolute Gasteiger partial charge is 0.444 e. The lowest BCUT2D eigenvalue weighted by atomic mass is 9.84. The topological polar surface area (TPSA) is 65.4 Å². The summed E-state index contributed by atoms with van der Waals surface area (Å²) in [6.07, 6.45) is 6.42. The Hall–Kier alpha value is -2.06. The molecule has 28 heavy (non-hydrogen) atoms. The molecule has 0 bridgehead atoms. The lowest BCUT2D eigenvalue weighted by molar-refractivity contribution is 0.0485. The Morgan fingerprint density at radius 1 is 1.25 bits per heavy atom. The minimum atomic E-state index is -0.440. The van der Waals surface area contributed by atoms with E-state index < -0.39 is 5.60 Å². The van der Waals surface area contributed by atoms with Crippen molar-refractivity contribution in [3.63, 3.8) is 0 Å². The Labute approximate surface area is 169 Å². The fourth-order valence-electron chi connectivity index (χ4n) is 4.31. The molecular weight excluding hydrogens is 350 g/mol. The van der Waals surface area contributed by atoms with Gasteiger partial charge in [-0.05, 0) is 95.0 Å². The summed E-state index contributed by atoms with van der Waals surface area (Å²) in [5.41, 5.74) is 3.04. The molecule has 3 rings (SSSR count). The highest BCUT2D eigenvalue weighted by atomic mass is 16.6. The maximum absolute atomic E-state index is 11.9. The molecule has 5 nitrogen and oxygen atoms in total. The summed E-state index contributed by atoms with van der Waals surface area (Å²) in [5.74, 6) is 0.749. The zero-order chi connectivity index (χ0) is 20.1. The summed E-state index contributed by atoms with van der Waals surface area (Å²) in [6, 6.07) is 8.58. The standard InChI is InChI=1S/C23H33N3O2/c1-23(2,3)28-22(27)25-21-8-5-17(6-9-21)10-12-26-13-11-19-14-18(15-24)4-7-20(19)16-26/h4,7,14,17,21H,5-6,8-13,16H2,1-3H3,(H,25,27). The van der Waals surface area contributed by atoms with Gasteiger partial charge in [0.15, 0.2) is 0 Å². The fraction of sp³-hybridized carbons (Fsp3) is 0.652. The van der Waals surface area contributed by atoms with Gasteiger partial charge >= 0.3 is 6.09 Å². The molecule has 1 aliphatic carbocycles. The van der Waals surface area contributed by atoms with E-state index in [1.807, 2.05) is 32.9 Å². The van der Waals surface area contributed by atoms with Gasteiger partial charge in [0.25, 0.3) is 0 Å². The number of amides is 1. The van der Waals surface area contributed by atoms with Crippen molar-refractivity contribution in [2.45, 2.75) is 77.5 Å². The number of fused-ring (bicyclic) bond motifs is 1. The van der Waals surface area contributed by atoms with Crippen LogP contribution in [-0.2, 0) is 17.7 Å². The summed E-state index contributed by atoms with van der Waals surface area (Å²) in [7, 11) is 0. The zero-order valence-electron chi connectivity index (χ0n) is 17.5. The third-order valence-electron chi connectivity index (χ3n) is 5.85. The number of nitriles is 1. The molecule has 0 radical (unpaired) electrons. The average molecular weight is 384 g/mol. The second-order valence-electron chi connectivity index (χ2n) is 9.27. The van der Waals surface area contributed by atoms with Crippen molar-refractivity contribution < 1.29 is 9.53 Å². The van der Waals surface area contributed by atoms with Crippen LogP contribution in [0, 0.1) is 17.2 Å². The van der Waals surface area contributed by atoms with Crippen LogP contribution in [0.1, 0.15) is 69.6 Å². The third-order valence-corrected chi connectivity index (χ3v) is 5.85. The Morgan fingerprint density at radius 3 is 2.68 bits per heavy atom. The molecule has 1 aliphatic heterocycles. The van der Waals surface area contributed by atoms with Crippen LogP contribution in [0.4, 0.5) is 4.79 Å². The highest BCUT2D eigenvalue weighted by Crippen LogP contribution is 2.28. The molecule has 0 unspecified atom stereocenters. The van der Waals surface area contributed by atoms with E-state index in [-0.39, 0.29) is 12.1 Å². The molecule has 1 aromatic rings. The maximum Gasteiger partial charge on any atom is 0.407 e. The molecule has 0 spiro atoms. The van der Waals surface area contributed by atoms with Crippen LogP contribution in [0.15, 0.2) is 18.2 Å². The van der Waals surface area contributed by atoms with Crippen molar-refractivity contribution in [1.29, 1.82) is 5.26 Å². The van der Waals surface area contributed by atoms with Gasteiger partial charge in [0.2, 0.25) is 0 Å². The molecule has 2 aliphatic rings. The zero-order valence-corrected chi connectivity index (χ0v) is 17.5. The molecule has 1 saturated carbocycles. The second-order valence-corrected chi connectivity index (χ2v) is 9.27. The smallest absolute Gasteiger partial charge is 0.407 e. The Morgan fingerprint density at radius 2 is 2.00 bits per heavy atom. The van der Waals surface area contributed by atoms with E-state index in [1.165, 1.54) is 30.4 Å². The molecule has 1 heterocycles. The summed E-state index contributed by atoms with van der Waals surface area (Å²) in [5, 5.41) is 12.1. The number of benzene rings is 1. The maximum atomic E-state index is 11.9. The average Bonchev–Trinajstić information content (AvgIpc) is 2.65. The van der Waals surface area contributed by atoms with Crippen molar-refractivity contribution in [1.82, 2.24) is 10.2 Å². The Balaban J connectivity index is 1.38. The fourth-order valence-corrected chi connectivity index (χ4v) is 4.31. The first-order valence-corrected chi connectivity index (χ1v) is 10.6. The van der Waals surface area contributed by atoms with E-state index in [0.717, 1.165) is 50.4 Å². The summed E-state index contributed by atoms with van der Waals surface area (Å²) in [6.45, 7) is 8.89. The van der Waals surface area contributed by atoms with Crippen LogP contribution < -0.4 is 5.32 Å². The number of alkyl carbamates (subject to hydrolysis) is 1. The monoisotopic (exact) mass is 383 g/mol. The molecule has 1 N–H and O–H groups in total. The highest BCUT2D eigenvalue weighted by Gasteiger charge is 2.25. The first-order valence-electron chi connectivity index (χ1n) is 10.6. The van der Waals surface area contributed by atoms with Gasteiger partial charge in [0.05, 0.1) is 11.6 Å². The summed E-state index contributed by atoms with van der Waals surface area (Å²) >= 11 is 0. The number of carbonyl (C=O) groups is 1. The van der Waals surface area contributed by atoms with Gasteiger partial charge in [-0.15, -0.1) is 0 Å². The van der Waals surface area contributed by atoms with Crippen molar-refractivity contribution in [3.8, 4) is 6.07 Å². The second kappa shape index (κ2) is 8.96. The number of ether oxygens (including phenoxy) is 1. The molecular formula is C23H33N3O2. The van der Waals surface area contributed by atoms with E-state index in [0.29, 0.717) is 0 Å². The Kier molecular flexibility index (Phi) is 6.61. The van der Waals surface area contributed by atoms with Gasteiger partial charge in [-0.1, -0.05) is 6.07 Å². The normalized spacial score (nSPS) is 22.8. The molecule has 5 heteroatoms. The summed E-state index contributed by atoms with van der Waals surface area (Å²) in [4.78, 5) is 14.5. The van der Waals surface area contributed by atoms with Crippen molar-refractivity contribution >= 4 is 6.09 Å². The lowest BCUT2D eigenvalue weighted by Gasteiger charge is -2.33. The van der Waals surface area contributed by atoms with Crippen LogP contribution in [0.25, 0.3) is 0 Å². The number of hydrogen-bond donors (Lipinski definition) is 1.